The number of aliphatic hydroxyl groups excluding tert-OH is 1. The summed E-state index contributed by atoms with van der Waals surface area (Å²) in [5.41, 5.74) is 0.165. The summed E-state index contributed by atoms with van der Waals surface area (Å²) in [5, 5.41) is 10.6. The van der Waals surface area contributed by atoms with Crippen LogP contribution in [0, 0.1) is 23.2 Å². The van der Waals surface area contributed by atoms with Gasteiger partial charge in [-0.25, -0.2) is 0 Å². The molecule has 0 aliphatic carbocycles. The highest BCUT2D eigenvalue weighted by Gasteiger charge is 2.49. The number of likely N-dealkylation sites (tertiary alicyclic amines) is 1. The molecule has 0 spiro atoms. The van der Waals surface area contributed by atoms with Crippen LogP contribution in [0.3, 0.4) is 0 Å². The third-order valence-electron chi connectivity index (χ3n) is 4.18. The van der Waals surface area contributed by atoms with Crippen LogP contribution in [0.15, 0.2) is 11.4 Å². The zero-order chi connectivity index (χ0) is 15.6. The first kappa shape index (κ1) is 15.7. The van der Waals surface area contributed by atoms with Crippen LogP contribution in [0.5, 0.6) is 0 Å². The number of imide groups is 1. The summed E-state index contributed by atoms with van der Waals surface area (Å²) in [4.78, 5) is 27.0. The number of carbonyl (C=O) groups is 2. The lowest BCUT2D eigenvalue weighted by molar-refractivity contribution is -0.142. The van der Waals surface area contributed by atoms with Gasteiger partial charge in [0.05, 0.1) is 12.0 Å². The van der Waals surface area contributed by atoms with Crippen molar-refractivity contribution in [2.24, 2.45) is 11.3 Å². The maximum atomic E-state index is 12.6. The van der Waals surface area contributed by atoms with Crippen molar-refractivity contribution in [3.63, 3.8) is 0 Å². The molecule has 4 nitrogen and oxygen atoms in total. The Kier molecular flexibility index (Phi) is 4.50. The molecule has 1 aliphatic rings. The first-order valence-electron chi connectivity index (χ1n) is 6.91. The van der Waals surface area contributed by atoms with Crippen molar-refractivity contribution in [3.05, 3.63) is 21.9 Å². The molecule has 2 heterocycles. The molecule has 2 rings (SSSR count). The predicted octanol–water partition coefficient (Wildman–Crippen LogP) is 2.01. The maximum Gasteiger partial charge on any atom is 0.236 e. The summed E-state index contributed by atoms with van der Waals surface area (Å²) >= 11 is 1.47. The fourth-order valence-electron chi connectivity index (χ4n) is 2.37. The normalized spacial score (nSPS) is 21.9. The first-order chi connectivity index (χ1) is 9.90. The lowest BCUT2D eigenvalue weighted by atomic mass is 9.78. The Morgan fingerprint density at radius 1 is 1.48 bits per heavy atom. The number of hydrogen-bond acceptors (Lipinski definition) is 4. The highest BCUT2D eigenvalue weighted by molar-refractivity contribution is 7.10. The van der Waals surface area contributed by atoms with Gasteiger partial charge in [0.2, 0.25) is 11.8 Å². The molecule has 1 unspecified atom stereocenters. The summed E-state index contributed by atoms with van der Waals surface area (Å²) < 4.78 is 0. The molecule has 21 heavy (non-hydrogen) atoms. The number of rotatable bonds is 3. The maximum absolute atomic E-state index is 12.6. The minimum atomic E-state index is -0.606. The van der Waals surface area contributed by atoms with Gasteiger partial charge >= 0.3 is 0 Å². The van der Waals surface area contributed by atoms with Crippen LogP contribution in [-0.2, 0) is 16.1 Å². The number of amides is 2. The smallest absolute Gasteiger partial charge is 0.236 e. The molecule has 1 aromatic rings. The minimum absolute atomic E-state index is 0.100. The summed E-state index contributed by atoms with van der Waals surface area (Å²) in [6.07, 6.45) is 0.270. The van der Waals surface area contributed by atoms with Crippen LogP contribution in [0.2, 0.25) is 0 Å². The third-order valence-corrected chi connectivity index (χ3v) is 5.08. The van der Waals surface area contributed by atoms with Crippen LogP contribution in [0.1, 0.15) is 37.6 Å². The predicted molar refractivity (Wildman–Crippen MR) is 81.4 cm³/mol. The van der Waals surface area contributed by atoms with E-state index in [1.165, 1.54) is 16.2 Å². The average molecular weight is 305 g/mol. The summed E-state index contributed by atoms with van der Waals surface area (Å²) in [7, 11) is 0. The van der Waals surface area contributed by atoms with E-state index in [0.717, 1.165) is 10.4 Å². The molecule has 0 saturated carbocycles. The van der Waals surface area contributed by atoms with Crippen LogP contribution >= 0.6 is 11.3 Å². The van der Waals surface area contributed by atoms with Crippen LogP contribution in [-0.4, -0.2) is 28.4 Å². The number of aliphatic hydroxyl groups is 1. The summed E-state index contributed by atoms with van der Waals surface area (Å²) in [6, 6.07) is 1.84. The van der Waals surface area contributed by atoms with Gasteiger partial charge in [-0.1, -0.05) is 25.7 Å². The largest absolute Gasteiger partial charge is 0.384 e. The molecule has 5 heteroatoms. The third kappa shape index (κ3) is 2.87. The van der Waals surface area contributed by atoms with Crippen LogP contribution in [0.25, 0.3) is 0 Å². The van der Waals surface area contributed by atoms with Gasteiger partial charge in [0, 0.05) is 16.9 Å². The summed E-state index contributed by atoms with van der Waals surface area (Å²) in [5.74, 6) is 5.35. The highest BCUT2D eigenvalue weighted by Crippen LogP contribution is 2.40. The van der Waals surface area contributed by atoms with Crippen molar-refractivity contribution in [2.75, 3.05) is 6.61 Å². The van der Waals surface area contributed by atoms with Gasteiger partial charge in [-0.15, -0.1) is 11.3 Å². The highest BCUT2D eigenvalue weighted by atomic mass is 32.1. The number of thiophene rings is 1. The molecule has 1 aliphatic heterocycles. The zero-order valence-electron chi connectivity index (χ0n) is 12.5. The van der Waals surface area contributed by atoms with Gasteiger partial charge < -0.3 is 5.11 Å². The molecule has 1 saturated heterocycles. The van der Waals surface area contributed by atoms with Crippen LogP contribution < -0.4 is 0 Å². The fraction of sp³-hybridized carbons (Fsp3) is 0.500. The monoisotopic (exact) mass is 305 g/mol. The second kappa shape index (κ2) is 6.00. The molecule has 1 aromatic heterocycles. The standard InChI is InChI=1S/C16H19NO3S/c1-11(2)16(3)9-14(19)17(15(16)20)10-13-12(5-4-7-18)6-8-21-13/h6,8,11,18H,7,9-10H2,1-3H3. The van der Waals surface area contributed by atoms with E-state index in [1.807, 2.05) is 32.2 Å². The van der Waals surface area contributed by atoms with Crippen molar-refractivity contribution in [1.82, 2.24) is 4.90 Å². The average Bonchev–Trinajstić information content (AvgIpc) is 2.96. The second-order valence-corrected chi connectivity index (χ2v) is 6.75. The minimum Gasteiger partial charge on any atom is -0.384 e. The van der Waals surface area contributed by atoms with Crippen molar-refractivity contribution in [2.45, 2.75) is 33.7 Å². The Balaban J connectivity index is 2.23. The van der Waals surface area contributed by atoms with E-state index in [1.54, 1.807) is 0 Å². The van der Waals surface area contributed by atoms with Gasteiger partial charge in [0.25, 0.3) is 0 Å². The Labute approximate surface area is 128 Å². The molecule has 112 valence electrons. The molecule has 1 N–H and O–H groups in total. The van der Waals surface area contributed by atoms with Crippen molar-refractivity contribution in [1.29, 1.82) is 0 Å². The van der Waals surface area contributed by atoms with Gasteiger partial charge in [0.15, 0.2) is 0 Å². The first-order valence-corrected chi connectivity index (χ1v) is 7.79. The van der Waals surface area contributed by atoms with Gasteiger partial charge in [-0.05, 0) is 24.3 Å². The Morgan fingerprint density at radius 3 is 2.76 bits per heavy atom. The second-order valence-electron chi connectivity index (χ2n) is 5.75. The van der Waals surface area contributed by atoms with E-state index in [-0.39, 0.29) is 37.3 Å². The molecule has 2 amide bonds. The van der Waals surface area contributed by atoms with Crippen LogP contribution in [0.4, 0.5) is 0 Å². The molecular weight excluding hydrogens is 286 g/mol. The lowest BCUT2D eigenvalue weighted by Gasteiger charge is -2.25. The van der Waals surface area contributed by atoms with Gasteiger partial charge in [0.1, 0.15) is 6.61 Å². The zero-order valence-corrected chi connectivity index (χ0v) is 13.3. The summed E-state index contributed by atoms with van der Waals surface area (Å²) in [6.45, 7) is 5.87. The van der Waals surface area contributed by atoms with E-state index in [2.05, 4.69) is 11.8 Å². The number of nitrogens with zero attached hydrogens (tertiary/aromatic N) is 1. The number of hydrogen-bond donors (Lipinski definition) is 1. The molecule has 0 radical (unpaired) electrons. The van der Waals surface area contributed by atoms with Crippen molar-refractivity contribution in [3.8, 4) is 11.8 Å². The van der Waals surface area contributed by atoms with Gasteiger partial charge in [-0.3, -0.25) is 14.5 Å². The SMILES string of the molecule is CC(C)C1(C)CC(=O)N(Cc2sccc2C#CCO)C1=O. The molecular formula is C16H19NO3S. The van der Waals surface area contributed by atoms with E-state index in [4.69, 9.17) is 5.11 Å². The molecule has 1 atom stereocenters. The lowest BCUT2D eigenvalue weighted by Crippen LogP contribution is -2.36. The number of carbonyl (C=O) groups excluding carboxylic acids is 2. The quantitative estimate of drug-likeness (QED) is 0.686. The Hall–Kier alpha value is -1.64. The van der Waals surface area contributed by atoms with E-state index in [9.17, 15) is 9.59 Å². The Bertz CT molecular complexity index is 623. The molecule has 1 fully saturated rings. The Morgan fingerprint density at radius 2 is 2.19 bits per heavy atom. The van der Waals surface area contributed by atoms with E-state index in [0.29, 0.717) is 0 Å². The van der Waals surface area contributed by atoms with E-state index < -0.39 is 5.41 Å². The topological polar surface area (TPSA) is 57.6 Å². The molecule has 0 bridgehead atoms. The van der Waals surface area contributed by atoms with Gasteiger partial charge in [-0.2, -0.15) is 0 Å². The molecule has 0 aromatic carbocycles. The fourth-order valence-corrected chi connectivity index (χ4v) is 3.19. The van der Waals surface area contributed by atoms with Crippen molar-refractivity contribution >= 4 is 23.2 Å². The van der Waals surface area contributed by atoms with E-state index >= 15 is 0 Å². The van der Waals surface area contributed by atoms with Crippen molar-refractivity contribution < 1.29 is 14.7 Å².